The standard InChI is InChI=1S/C15H25NO/c1-12(2)13-7-3-4-10-15(13,17)14(11-16)8-5-6-9-14/h12-13,17H,3-10H2,1-2H3. The Balaban J connectivity index is 2.34. The van der Waals surface area contributed by atoms with E-state index in [0.29, 0.717) is 11.8 Å². The summed E-state index contributed by atoms with van der Waals surface area (Å²) < 4.78 is 0. The van der Waals surface area contributed by atoms with Gasteiger partial charge in [-0.25, -0.2) is 0 Å². The van der Waals surface area contributed by atoms with Gasteiger partial charge in [0.1, 0.15) is 0 Å². The van der Waals surface area contributed by atoms with Crippen LogP contribution in [0.4, 0.5) is 0 Å². The summed E-state index contributed by atoms with van der Waals surface area (Å²) >= 11 is 0. The van der Waals surface area contributed by atoms with E-state index in [1.165, 1.54) is 6.42 Å². The second-order valence-corrected chi connectivity index (χ2v) is 6.42. The van der Waals surface area contributed by atoms with Gasteiger partial charge in [0.2, 0.25) is 0 Å². The van der Waals surface area contributed by atoms with E-state index in [2.05, 4.69) is 19.9 Å². The molecule has 0 aliphatic heterocycles. The van der Waals surface area contributed by atoms with Gasteiger partial charge in [0.15, 0.2) is 0 Å². The minimum Gasteiger partial charge on any atom is -0.388 e. The molecule has 0 heterocycles. The molecule has 0 aromatic heterocycles. The van der Waals surface area contributed by atoms with Crippen LogP contribution in [-0.4, -0.2) is 10.7 Å². The Morgan fingerprint density at radius 3 is 2.24 bits per heavy atom. The molecule has 1 N–H and O–H groups in total. The van der Waals surface area contributed by atoms with Crippen LogP contribution in [0.5, 0.6) is 0 Å². The first kappa shape index (κ1) is 12.9. The summed E-state index contributed by atoms with van der Waals surface area (Å²) in [5.41, 5.74) is -1.16. The van der Waals surface area contributed by atoms with Gasteiger partial charge in [-0.05, 0) is 37.5 Å². The fourth-order valence-corrected chi connectivity index (χ4v) is 4.28. The first-order valence-corrected chi connectivity index (χ1v) is 7.19. The molecule has 0 aromatic carbocycles. The van der Waals surface area contributed by atoms with Gasteiger partial charge >= 0.3 is 0 Å². The van der Waals surface area contributed by atoms with Gasteiger partial charge < -0.3 is 5.11 Å². The average molecular weight is 235 g/mol. The third-order valence-corrected chi connectivity index (χ3v) is 5.24. The van der Waals surface area contributed by atoms with Crippen LogP contribution in [0.3, 0.4) is 0 Å². The first-order valence-electron chi connectivity index (χ1n) is 7.19. The predicted octanol–water partition coefficient (Wildman–Crippen LogP) is 3.65. The molecule has 0 spiro atoms. The lowest BCUT2D eigenvalue weighted by molar-refractivity contribution is -0.135. The molecular formula is C15H25NO. The Hall–Kier alpha value is -0.550. The molecule has 0 aromatic rings. The average Bonchev–Trinajstić information content (AvgIpc) is 2.79. The molecule has 0 radical (unpaired) electrons. The van der Waals surface area contributed by atoms with E-state index >= 15 is 0 Å². The second-order valence-electron chi connectivity index (χ2n) is 6.42. The molecule has 2 unspecified atom stereocenters. The molecule has 2 heteroatoms. The van der Waals surface area contributed by atoms with Gasteiger partial charge in [-0.1, -0.05) is 39.5 Å². The molecular weight excluding hydrogens is 210 g/mol. The zero-order valence-electron chi connectivity index (χ0n) is 11.2. The van der Waals surface area contributed by atoms with E-state index in [1.54, 1.807) is 0 Å². The van der Waals surface area contributed by atoms with E-state index in [4.69, 9.17) is 0 Å². The summed E-state index contributed by atoms with van der Waals surface area (Å²) in [7, 11) is 0. The minimum absolute atomic E-state index is 0.314. The summed E-state index contributed by atoms with van der Waals surface area (Å²) in [6.45, 7) is 4.39. The summed E-state index contributed by atoms with van der Waals surface area (Å²) in [6.07, 6.45) is 8.27. The zero-order valence-corrected chi connectivity index (χ0v) is 11.2. The fourth-order valence-electron chi connectivity index (χ4n) is 4.28. The maximum Gasteiger partial charge on any atom is 0.0863 e. The van der Waals surface area contributed by atoms with Gasteiger partial charge in [0, 0.05) is 0 Å². The van der Waals surface area contributed by atoms with Gasteiger partial charge in [-0.15, -0.1) is 0 Å². The zero-order chi connectivity index (χ0) is 12.5. The molecule has 17 heavy (non-hydrogen) atoms. The molecule has 2 saturated carbocycles. The van der Waals surface area contributed by atoms with Crippen LogP contribution in [0, 0.1) is 28.6 Å². The van der Waals surface area contributed by atoms with E-state index in [1.807, 2.05) is 0 Å². The Bertz CT molecular complexity index is 311. The SMILES string of the molecule is CC(C)C1CCCCC1(O)C1(C#N)CCCC1. The highest BCUT2D eigenvalue weighted by Crippen LogP contribution is 2.55. The predicted molar refractivity (Wildman–Crippen MR) is 68.3 cm³/mol. The highest BCUT2D eigenvalue weighted by molar-refractivity contribution is 5.16. The van der Waals surface area contributed by atoms with Gasteiger partial charge in [-0.2, -0.15) is 5.26 Å². The molecule has 2 atom stereocenters. The van der Waals surface area contributed by atoms with E-state index in [0.717, 1.165) is 44.9 Å². The van der Waals surface area contributed by atoms with Gasteiger partial charge in [0.05, 0.1) is 17.1 Å². The Morgan fingerprint density at radius 2 is 1.71 bits per heavy atom. The van der Waals surface area contributed by atoms with Crippen LogP contribution < -0.4 is 0 Å². The Morgan fingerprint density at radius 1 is 1.12 bits per heavy atom. The third kappa shape index (κ3) is 1.89. The normalized spacial score (nSPS) is 37.0. The summed E-state index contributed by atoms with van der Waals surface area (Å²) in [6, 6.07) is 2.52. The first-order chi connectivity index (χ1) is 8.06. The number of hydrogen-bond donors (Lipinski definition) is 1. The van der Waals surface area contributed by atoms with Crippen LogP contribution in [-0.2, 0) is 0 Å². The number of aliphatic hydroxyl groups is 1. The monoisotopic (exact) mass is 235 g/mol. The molecule has 0 bridgehead atoms. The van der Waals surface area contributed by atoms with Crippen LogP contribution >= 0.6 is 0 Å². The topological polar surface area (TPSA) is 44.0 Å². The van der Waals surface area contributed by atoms with Crippen molar-refractivity contribution in [2.75, 3.05) is 0 Å². The lowest BCUT2D eigenvalue weighted by Crippen LogP contribution is -2.54. The van der Waals surface area contributed by atoms with Crippen molar-refractivity contribution in [3.05, 3.63) is 0 Å². The lowest BCUT2D eigenvalue weighted by Gasteiger charge is -2.50. The van der Waals surface area contributed by atoms with Crippen LogP contribution in [0.25, 0.3) is 0 Å². The van der Waals surface area contributed by atoms with Gasteiger partial charge in [-0.3, -0.25) is 0 Å². The lowest BCUT2D eigenvalue weighted by atomic mass is 9.57. The highest BCUT2D eigenvalue weighted by atomic mass is 16.3. The van der Waals surface area contributed by atoms with E-state index < -0.39 is 11.0 Å². The molecule has 2 rings (SSSR count). The molecule has 96 valence electrons. The molecule has 2 fully saturated rings. The molecule has 2 aliphatic rings. The molecule has 2 aliphatic carbocycles. The Labute approximate surface area is 105 Å². The third-order valence-electron chi connectivity index (χ3n) is 5.24. The van der Waals surface area contributed by atoms with Crippen LogP contribution in [0.15, 0.2) is 0 Å². The van der Waals surface area contributed by atoms with Crippen molar-refractivity contribution in [2.24, 2.45) is 17.3 Å². The highest BCUT2D eigenvalue weighted by Gasteiger charge is 2.57. The maximum atomic E-state index is 11.2. The number of rotatable bonds is 2. The maximum absolute atomic E-state index is 11.2. The second kappa shape index (κ2) is 4.61. The number of nitrogens with zero attached hydrogens (tertiary/aromatic N) is 1. The van der Waals surface area contributed by atoms with Crippen molar-refractivity contribution in [1.29, 1.82) is 5.26 Å². The quantitative estimate of drug-likeness (QED) is 0.794. The number of nitriles is 1. The summed E-state index contributed by atoms with van der Waals surface area (Å²) in [5.74, 6) is 0.792. The van der Waals surface area contributed by atoms with Crippen molar-refractivity contribution >= 4 is 0 Å². The van der Waals surface area contributed by atoms with E-state index in [-0.39, 0.29) is 0 Å². The molecule has 0 saturated heterocycles. The summed E-state index contributed by atoms with van der Waals surface area (Å²) in [5, 5.41) is 20.9. The van der Waals surface area contributed by atoms with Crippen molar-refractivity contribution in [3.63, 3.8) is 0 Å². The van der Waals surface area contributed by atoms with Crippen molar-refractivity contribution in [2.45, 2.75) is 70.8 Å². The largest absolute Gasteiger partial charge is 0.388 e. The van der Waals surface area contributed by atoms with Crippen LogP contribution in [0.1, 0.15) is 65.2 Å². The fraction of sp³-hybridized carbons (Fsp3) is 0.933. The van der Waals surface area contributed by atoms with Crippen molar-refractivity contribution < 1.29 is 5.11 Å². The molecule has 0 amide bonds. The van der Waals surface area contributed by atoms with Crippen molar-refractivity contribution in [1.82, 2.24) is 0 Å². The van der Waals surface area contributed by atoms with Crippen molar-refractivity contribution in [3.8, 4) is 6.07 Å². The van der Waals surface area contributed by atoms with Crippen LogP contribution in [0.2, 0.25) is 0 Å². The minimum atomic E-state index is -0.718. The van der Waals surface area contributed by atoms with Gasteiger partial charge in [0.25, 0.3) is 0 Å². The Kier molecular flexibility index (Phi) is 3.50. The molecule has 2 nitrogen and oxygen atoms in total. The number of hydrogen-bond acceptors (Lipinski definition) is 2. The smallest absolute Gasteiger partial charge is 0.0863 e. The van der Waals surface area contributed by atoms with E-state index in [9.17, 15) is 10.4 Å². The summed E-state index contributed by atoms with van der Waals surface area (Å²) in [4.78, 5) is 0.